The maximum atomic E-state index is 13.6. The number of rotatable bonds is 3. The van der Waals surface area contributed by atoms with Gasteiger partial charge in [-0.3, -0.25) is 0 Å². The van der Waals surface area contributed by atoms with E-state index in [1.54, 1.807) is 0 Å². The van der Waals surface area contributed by atoms with Crippen molar-refractivity contribution < 1.29 is 4.39 Å². The van der Waals surface area contributed by atoms with Gasteiger partial charge in [0.1, 0.15) is 0 Å². The van der Waals surface area contributed by atoms with Crippen molar-refractivity contribution in [1.29, 1.82) is 0 Å². The minimum absolute atomic E-state index is 0.0671. The van der Waals surface area contributed by atoms with Gasteiger partial charge in [-0.15, -0.1) is 0 Å². The molecule has 2 fully saturated rings. The molecule has 4 unspecified atom stereocenters. The predicted molar refractivity (Wildman–Crippen MR) is 67.8 cm³/mol. The highest BCUT2D eigenvalue weighted by atomic mass is 35.5. The third-order valence-electron chi connectivity index (χ3n) is 4.29. The molecule has 4 atom stereocenters. The Morgan fingerprint density at radius 3 is 3.00 bits per heavy atom. The molecule has 3 rings (SSSR count). The molecule has 0 radical (unpaired) electrons. The molecule has 2 aliphatic rings. The van der Waals surface area contributed by atoms with Crippen molar-refractivity contribution in [3.8, 4) is 0 Å². The number of hydrogen-bond acceptors (Lipinski definition) is 4. The highest BCUT2D eigenvalue weighted by molar-refractivity contribution is 6.28. The van der Waals surface area contributed by atoms with Gasteiger partial charge in [0.15, 0.2) is 11.6 Å². The molecule has 4 nitrogen and oxygen atoms in total. The first-order chi connectivity index (χ1) is 8.67. The van der Waals surface area contributed by atoms with Crippen LogP contribution < -0.4 is 11.1 Å². The van der Waals surface area contributed by atoms with Gasteiger partial charge in [-0.05, 0) is 55.2 Å². The fourth-order valence-electron chi connectivity index (χ4n) is 3.56. The highest BCUT2D eigenvalue weighted by Crippen LogP contribution is 2.48. The molecule has 1 heterocycles. The number of nitrogens with one attached hydrogen (secondary N) is 1. The molecule has 0 aliphatic heterocycles. The van der Waals surface area contributed by atoms with Crippen molar-refractivity contribution in [2.45, 2.75) is 25.3 Å². The molecule has 6 heteroatoms. The Kier molecular flexibility index (Phi) is 3.11. The van der Waals surface area contributed by atoms with E-state index in [2.05, 4.69) is 15.3 Å². The first-order valence-corrected chi connectivity index (χ1v) is 6.69. The number of nitrogens with two attached hydrogens (primary N) is 1. The first-order valence-electron chi connectivity index (χ1n) is 6.32. The Morgan fingerprint density at radius 2 is 2.28 bits per heavy atom. The van der Waals surface area contributed by atoms with Crippen LogP contribution in [0.3, 0.4) is 0 Å². The van der Waals surface area contributed by atoms with E-state index in [9.17, 15) is 4.39 Å². The zero-order chi connectivity index (χ0) is 12.7. The van der Waals surface area contributed by atoms with Crippen LogP contribution in [-0.4, -0.2) is 22.6 Å². The van der Waals surface area contributed by atoms with Crippen LogP contribution in [0.5, 0.6) is 0 Å². The van der Waals surface area contributed by atoms with Crippen LogP contribution in [0.15, 0.2) is 6.20 Å². The van der Waals surface area contributed by atoms with Gasteiger partial charge in [-0.2, -0.15) is 4.98 Å². The van der Waals surface area contributed by atoms with Gasteiger partial charge in [-0.1, -0.05) is 0 Å². The van der Waals surface area contributed by atoms with Gasteiger partial charge in [0.05, 0.1) is 6.20 Å². The van der Waals surface area contributed by atoms with Crippen LogP contribution >= 0.6 is 11.6 Å². The molecule has 0 saturated heterocycles. The second kappa shape index (κ2) is 4.63. The summed E-state index contributed by atoms with van der Waals surface area (Å²) in [5.41, 5.74) is 5.78. The normalized spacial score (nSPS) is 33.9. The summed E-state index contributed by atoms with van der Waals surface area (Å²) in [7, 11) is 0. The fourth-order valence-corrected chi connectivity index (χ4v) is 3.69. The lowest BCUT2D eigenvalue weighted by Crippen LogP contribution is -2.35. The van der Waals surface area contributed by atoms with Gasteiger partial charge >= 0.3 is 0 Å². The number of aromatic nitrogens is 2. The maximum absolute atomic E-state index is 13.6. The molecule has 2 bridgehead atoms. The Hall–Kier alpha value is -0.940. The Morgan fingerprint density at radius 1 is 1.44 bits per heavy atom. The van der Waals surface area contributed by atoms with Crippen molar-refractivity contribution in [1.82, 2.24) is 9.97 Å². The SMILES string of the molecule is NCC1CC2CC(Nc3nc(Cl)ncc3F)C1C2. The number of anilines is 1. The van der Waals surface area contributed by atoms with Crippen LogP contribution in [0.2, 0.25) is 5.28 Å². The molecule has 0 amide bonds. The van der Waals surface area contributed by atoms with E-state index in [4.69, 9.17) is 17.3 Å². The number of hydrogen-bond donors (Lipinski definition) is 2. The minimum Gasteiger partial charge on any atom is -0.364 e. The summed E-state index contributed by atoms with van der Waals surface area (Å²) in [5, 5.41) is 3.25. The topological polar surface area (TPSA) is 63.8 Å². The smallest absolute Gasteiger partial charge is 0.224 e. The van der Waals surface area contributed by atoms with Gasteiger partial charge < -0.3 is 11.1 Å². The standard InChI is InChI=1S/C12H16ClFN4/c13-12-16-5-9(14)11(18-12)17-10-3-6-1-7(4-15)8(10)2-6/h5-8,10H,1-4,15H2,(H,16,17,18). The van der Waals surface area contributed by atoms with E-state index >= 15 is 0 Å². The average molecular weight is 271 g/mol. The molecule has 1 aromatic rings. The van der Waals surface area contributed by atoms with E-state index < -0.39 is 5.82 Å². The lowest BCUT2D eigenvalue weighted by Gasteiger charge is -2.29. The fraction of sp³-hybridized carbons (Fsp3) is 0.667. The average Bonchev–Trinajstić information content (AvgIpc) is 2.93. The molecular weight excluding hydrogens is 255 g/mol. The largest absolute Gasteiger partial charge is 0.364 e. The maximum Gasteiger partial charge on any atom is 0.224 e. The lowest BCUT2D eigenvalue weighted by molar-refractivity contribution is 0.315. The van der Waals surface area contributed by atoms with Crippen LogP contribution in [0.4, 0.5) is 10.2 Å². The number of nitrogens with zero attached hydrogens (tertiary/aromatic N) is 2. The third kappa shape index (κ3) is 2.06. The van der Waals surface area contributed by atoms with Gasteiger partial charge in [-0.25, -0.2) is 9.37 Å². The summed E-state index contributed by atoms with van der Waals surface area (Å²) < 4.78 is 13.6. The van der Waals surface area contributed by atoms with Crippen molar-refractivity contribution in [2.24, 2.45) is 23.5 Å². The molecule has 98 valence electrons. The summed E-state index contributed by atoms with van der Waals surface area (Å²) in [6, 6.07) is 0.262. The third-order valence-corrected chi connectivity index (χ3v) is 4.47. The minimum atomic E-state index is -0.452. The van der Waals surface area contributed by atoms with Crippen molar-refractivity contribution in [3.05, 3.63) is 17.3 Å². The Labute approximate surface area is 110 Å². The predicted octanol–water partition coefficient (Wildman–Crippen LogP) is 2.05. The first kappa shape index (κ1) is 12.1. The zero-order valence-electron chi connectivity index (χ0n) is 9.94. The van der Waals surface area contributed by atoms with Crippen LogP contribution in [0.1, 0.15) is 19.3 Å². The van der Waals surface area contributed by atoms with E-state index in [1.165, 1.54) is 12.8 Å². The zero-order valence-corrected chi connectivity index (χ0v) is 10.7. The molecule has 0 aromatic carbocycles. The monoisotopic (exact) mass is 270 g/mol. The van der Waals surface area contributed by atoms with E-state index in [-0.39, 0.29) is 17.1 Å². The highest BCUT2D eigenvalue weighted by Gasteiger charge is 2.45. The molecule has 18 heavy (non-hydrogen) atoms. The number of fused-ring (bicyclic) bond motifs is 2. The number of halogens is 2. The van der Waals surface area contributed by atoms with E-state index in [0.29, 0.717) is 18.4 Å². The quantitative estimate of drug-likeness (QED) is 0.825. The summed E-state index contributed by atoms with van der Waals surface area (Å²) in [6.07, 6.45) is 4.58. The van der Waals surface area contributed by atoms with E-state index in [0.717, 1.165) is 18.5 Å². The van der Waals surface area contributed by atoms with Crippen LogP contribution in [0, 0.1) is 23.6 Å². The van der Waals surface area contributed by atoms with Gasteiger partial charge in [0, 0.05) is 6.04 Å². The molecule has 0 spiro atoms. The molecule has 2 saturated carbocycles. The van der Waals surface area contributed by atoms with Gasteiger partial charge in [0.25, 0.3) is 0 Å². The second-order valence-corrected chi connectivity index (χ2v) is 5.66. The van der Waals surface area contributed by atoms with E-state index in [1.807, 2.05) is 0 Å². The van der Waals surface area contributed by atoms with Crippen molar-refractivity contribution in [2.75, 3.05) is 11.9 Å². The summed E-state index contributed by atoms with van der Waals surface area (Å²) in [4.78, 5) is 7.52. The molecule has 3 N–H and O–H groups in total. The second-order valence-electron chi connectivity index (χ2n) is 5.32. The molecular formula is C12H16ClFN4. The molecule has 1 aromatic heterocycles. The Balaban J connectivity index is 1.75. The summed E-state index contributed by atoms with van der Waals surface area (Å²) in [6.45, 7) is 0.715. The summed E-state index contributed by atoms with van der Waals surface area (Å²) >= 11 is 5.69. The van der Waals surface area contributed by atoms with Crippen molar-refractivity contribution in [3.63, 3.8) is 0 Å². The molecule has 2 aliphatic carbocycles. The van der Waals surface area contributed by atoms with Crippen LogP contribution in [-0.2, 0) is 0 Å². The van der Waals surface area contributed by atoms with Gasteiger partial charge in [0.2, 0.25) is 5.28 Å². The lowest BCUT2D eigenvalue weighted by atomic mass is 9.85. The Bertz CT molecular complexity index is 456. The van der Waals surface area contributed by atoms with Crippen molar-refractivity contribution >= 4 is 17.4 Å². The summed E-state index contributed by atoms with van der Waals surface area (Å²) in [5.74, 6) is 1.57. The van der Waals surface area contributed by atoms with Crippen LogP contribution in [0.25, 0.3) is 0 Å².